The van der Waals surface area contributed by atoms with Gasteiger partial charge in [0.1, 0.15) is 0 Å². The number of thiocarbonyl (C=S) groups is 1. The van der Waals surface area contributed by atoms with Crippen molar-refractivity contribution < 1.29 is 4.79 Å². The Kier molecular flexibility index (Phi) is 8.51. The number of aryl methyl sites for hydroxylation is 2. The van der Waals surface area contributed by atoms with E-state index in [1.54, 1.807) is 0 Å². The first-order valence-corrected chi connectivity index (χ1v) is 8.89. The van der Waals surface area contributed by atoms with Crippen molar-refractivity contribution in [1.29, 1.82) is 0 Å². The molecule has 0 saturated carbocycles. The van der Waals surface area contributed by atoms with Crippen LogP contribution >= 0.6 is 12.2 Å². The lowest BCUT2D eigenvalue weighted by Crippen LogP contribution is -2.40. The van der Waals surface area contributed by atoms with Gasteiger partial charge in [-0.05, 0) is 57.2 Å². The summed E-state index contributed by atoms with van der Waals surface area (Å²) >= 11 is 4.79. The molecule has 1 rings (SSSR count). The molecule has 1 aromatic rings. The zero-order valence-electron chi connectivity index (χ0n) is 15.7. The van der Waals surface area contributed by atoms with E-state index in [1.807, 2.05) is 39.0 Å². The van der Waals surface area contributed by atoms with Gasteiger partial charge in [-0.25, -0.2) is 0 Å². The summed E-state index contributed by atoms with van der Waals surface area (Å²) < 4.78 is 0. The highest BCUT2D eigenvalue weighted by Crippen LogP contribution is 2.20. The highest BCUT2D eigenvalue weighted by atomic mass is 32.1. The number of amides is 1. The third-order valence-corrected chi connectivity index (χ3v) is 4.32. The summed E-state index contributed by atoms with van der Waals surface area (Å²) in [6, 6.07) is 5.95. The average Bonchev–Trinajstić information content (AvgIpc) is 2.57. The van der Waals surface area contributed by atoms with Crippen LogP contribution < -0.4 is 16.5 Å². The molecule has 0 saturated heterocycles. The van der Waals surface area contributed by atoms with Gasteiger partial charge in [0.15, 0.2) is 5.11 Å². The van der Waals surface area contributed by atoms with E-state index in [2.05, 4.69) is 34.6 Å². The van der Waals surface area contributed by atoms with Gasteiger partial charge in [0.2, 0.25) is 5.91 Å². The summed E-state index contributed by atoms with van der Waals surface area (Å²) in [7, 11) is 0. The van der Waals surface area contributed by atoms with Gasteiger partial charge in [-0.2, -0.15) is 5.10 Å². The van der Waals surface area contributed by atoms with Crippen LogP contribution in [0.25, 0.3) is 0 Å². The maximum Gasteiger partial charge on any atom is 0.234 e. The Morgan fingerprint density at radius 3 is 2.32 bits per heavy atom. The second-order valence-corrected chi connectivity index (χ2v) is 6.46. The van der Waals surface area contributed by atoms with Crippen LogP contribution in [0.3, 0.4) is 0 Å². The Balaban J connectivity index is 3.06. The van der Waals surface area contributed by atoms with E-state index in [1.165, 1.54) is 0 Å². The molecule has 25 heavy (non-hydrogen) atoms. The van der Waals surface area contributed by atoms with Crippen molar-refractivity contribution >= 4 is 34.6 Å². The molecule has 0 bridgehead atoms. The Morgan fingerprint density at radius 1 is 1.28 bits per heavy atom. The molecule has 0 heterocycles. The summed E-state index contributed by atoms with van der Waals surface area (Å²) in [5.41, 5.74) is 11.6. The Labute approximate surface area is 155 Å². The fraction of sp³-hybridized carbons (Fsp3) is 0.500. The van der Waals surface area contributed by atoms with Crippen molar-refractivity contribution in [1.82, 2.24) is 10.3 Å². The fourth-order valence-corrected chi connectivity index (χ4v) is 2.63. The van der Waals surface area contributed by atoms with Gasteiger partial charge in [0.25, 0.3) is 0 Å². The standard InChI is InChI=1S/C18H29N5OS/c1-6-23(7-2)11-15(14(5)21-22-18(19)25)17(24)20-16-12(3)9-8-10-13(16)4/h8-10,15H,6-7,11H2,1-5H3,(H,20,24)(H3,19,22,25). The van der Waals surface area contributed by atoms with Crippen LogP contribution in [0.2, 0.25) is 0 Å². The quantitative estimate of drug-likeness (QED) is 0.375. The number of hydrogen-bond acceptors (Lipinski definition) is 4. The smallest absolute Gasteiger partial charge is 0.234 e. The number of nitrogens with two attached hydrogens (primary N) is 1. The summed E-state index contributed by atoms with van der Waals surface area (Å²) in [5.74, 6) is -0.490. The molecular weight excluding hydrogens is 334 g/mol. The number of hydrazone groups is 1. The highest BCUT2D eigenvalue weighted by molar-refractivity contribution is 7.80. The van der Waals surface area contributed by atoms with Gasteiger partial charge >= 0.3 is 0 Å². The van der Waals surface area contributed by atoms with Crippen molar-refractivity contribution in [3.05, 3.63) is 29.3 Å². The van der Waals surface area contributed by atoms with Crippen LogP contribution in [-0.4, -0.2) is 41.3 Å². The number of carbonyl (C=O) groups excluding carboxylic acids is 1. The Bertz CT molecular complexity index is 620. The van der Waals surface area contributed by atoms with E-state index in [0.29, 0.717) is 12.3 Å². The van der Waals surface area contributed by atoms with Crippen LogP contribution in [0.5, 0.6) is 0 Å². The molecule has 138 valence electrons. The van der Waals surface area contributed by atoms with Crippen molar-refractivity contribution in [2.75, 3.05) is 25.0 Å². The van der Waals surface area contributed by atoms with Crippen molar-refractivity contribution in [3.63, 3.8) is 0 Å². The zero-order valence-corrected chi connectivity index (χ0v) is 16.5. The molecule has 0 fully saturated rings. The first kappa shape index (κ1) is 21.1. The molecule has 0 aliphatic rings. The summed E-state index contributed by atoms with van der Waals surface area (Å²) in [5, 5.41) is 7.31. The van der Waals surface area contributed by atoms with E-state index in [0.717, 1.165) is 29.9 Å². The molecule has 0 aliphatic carbocycles. The lowest BCUT2D eigenvalue weighted by molar-refractivity contribution is -0.118. The van der Waals surface area contributed by atoms with Crippen LogP contribution in [0.15, 0.2) is 23.3 Å². The fourth-order valence-electron chi connectivity index (χ4n) is 2.59. The Hall–Kier alpha value is -1.99. The van der Waals surface area contributed by atoms with Gasteiger partial charge in [-0.15, -0.1) is 0 Å². The van der Waals surface area contributed by atoms with Crippen molar-refractivity contribution in [2.45, 2.75) is 34.6 Å². The van der Waals surface area contributed by atoms with Crippen molar-refractivity contribution in [3.8, 4) is 0 Å². The largest absolute Gasteiger partial charge is 0.375 e. The van der Waals surface area contributed by atoms with Crippen molar-refractivity contribution in [2.24, 2.45) is 16.8 Å². The van der Waals surface area contributed by atoms with E-state index >= 15 is 0 Å². The van der Waals surface area contributed by atoms with Crippen LogP contribution in [0.1, 0.15) is 31.9 Å². The van der Waals surface area contributed by atoms with E-state index in [9.17, 15) is 4.79 Å². The number of anilines is 1. The summed E-state index contributed by atoms with van der Waals surface area (Å²) in [6.07, 6.45) is 0. The number of para-hydroxylation sites is 1. The maximum absolute atomic E-state index is 13.0. The van der Waals surface area contributed by atoms with E-state index in [-0.39, 0.29) is 11.0 Å². The molecule has 1 unspecified atom stereocenters. The third-order valence-electron chi connectivity index (χ3n) is 4.23. The molecule has 1 aromatic carbocycles. The topological polar surface area (TPSA) is 82.8 Å². The van der Waals surface area contributed by atoms with E-state index < -0.39 is 5.92 Å². The molecule has 7 heteroatoms. The SMILES string of the molecule is CCN(CC)CC(C(=O)Nc1c(C)cccc1C)C(C)=NNC(N)=S. The molecule has 1 atom stereocenters. The number of benzene rings is 1. The lowest BCUT2D eigenvalue weighted by atomic mass is 10.0. The molecule has 0 radical (unpaired) electrons. The third kappa shape index (κ3) is 6.43. The molecule has 6 nitrogen and oxygen atoms in total. The molecule has 0 spiro atoms. The van der Waals surface area contributed by atoms with Crippen LogP contribution in [0, 0.1) is 19.8 Å². The number of nitrogens with one attached hydrogen (secondary N) is 2. The van der Waals surface area contributed by atoms with Gasteiger partial charge in [0, 0.05) is 17.9 Å². The number of nitrogens with zero attached hydrogens (tertiary/aromatic N) is 2. The lowest BCUT2D eigenvalue weighted by Gasteiger charge is -2.25. The van der Waals surface area contributed by atoms with Crippen LogP contribution in [-0.2, 0) is 4.79 Å². The first-order chi connectivity index (χ1) is 11.8. The minimum atomic E-state index is -0.402. The molecule has 4 N–H and O–H groups in total. The second-order valence-electron chi connectivity index (χ2n) is 6.02. The maximum atomic E-state index is 13.0. The number of rotatable bonds is 8. The molecule has 0 aliphatic heterocycles. The summed E-state index contributed by atoms with van der Waals surface area (Å²) in [6.45, 7) is 12.2. The second kappa shape index (κ2) is 10.1. The zero-order chi connectivity index (χ0) is 19.0. The van der Waals surface area contributed by atoms with Gasteiger partial charge < -0.3 is 16.0 Å². The van der Waals surface area contributed by atoms with Gasteiger partial charge in [-0.3, -0.25) is 10.2 Å². The van der Waals surface area contributed by atoms with Gasteiger partial charge in [0.05, 0.1) is 5.92 Å². The average molecular weight is 364 g/mol. The number of carbonyl (C=O) groups is 1. The molecule has 1 amide bonds. The molecule has 0 aromatic heterocycles. The monoisotopic (exact) mass is 363 g/mol. The number of hydrogen-bond donors (Lipinski definition) is 3. The normalized spacial score (nSPS) is 12.8. The van der Waals surface area contributed by atoms with E-state index in [4.69, 9.17) is 18.0 Å². The minimum absolute atomic E-state index is 0.0797. The predicted molar refractivity (Wildman–Crippen MR) is 109 cm³/mol. The Morgan fingerprint density at radius 2 is 1.84 bits per heavy atom. The predicted octanol–water partition coefficient (Wildman–Crippen LogP) is 2.41. The first-order valence-electron chi connectivity index (χ1n) is 8.49. The van der Waals surface area contributed by atoms with Crippen LogP contribution in [0.4, 0.5) is 5.69 Å². The molecular formula is C18H29N5OS. The minimum Gasteiger partial charge on any atom is -0.375 e. The highest BCUT2D eigenvalue weighted by Gasteiger charge is 2.25. The summed E-state index contributed by atoms with van der Waals surface area (Å²) in [4.78, 5) is 15.1. The van der Waals surface area contributed by atoms with Gasteiger partial charge in [-0.1, -0.05) is 32.0 Å².